The van der Waals surface area contributed by atoms with Gasteiger partial charge in [0.2, 0.25) is 0 Å². The fourth-order valence-electron chi connectivity index (χ4n) is 1.81. The van der Waals surface area contributed by atoms with E-state index in [0.717, 1.165) is 30.4 Å². The van der Waals surface area contributed by atoms with Gasteiger partial charge >= 0.3 is 0 Å². The third kappa shape index (κ3) is 8.20. The van der Waals surface area contributed by atoms with Gasteiger partial charge in [0.25, 0.3) is 0 Å². The number of unbranched alkanes of at least 4 members (excludes halogenated alkanes) is 1. The standard InChI is InChI=1S/C16H27N3/c1-6-8-9-13(3)10-11-18-15(5)19-14(4)16(7-2)12-17/h7,13H,2,6,8-11H2,1,3-5H3,(H,18,19)/b16-14+. The monoisotopic (exact) mass is 261 g/mol. The van der Waals surface area contributed by atoms with Crippen molar-refractivity contribution in [2.45, 2.75) is 53.4 Å². The number of allylic oxidation sites excluding steroid dienone is 3. The van der Waals surface area contributed by atoms with Crippen LogP contribution < -0.4 is 5.32 Å². The molecule has 0 fully saturated rings. The Kier molecular flexibility index (Phi) is 9.52. The summed E-state index contributed by atoms with van der Waals surface area (Å²) < 4.78 is 0. The van der Waals surface area contributed by atoms with Crippen LogP contribution in [0.3, 0.4) is 0 Å². The highest BCUT2D eigenvalue weighted by Crippen LogP contribution is 2.11. The Morgan fingerprint density at radius 2 is 2.11 bits per heavy atom. The van der Waals surface area contributed by atoms with Crippen molar-refractivity contribution in [1.82, 2.24) is 5.32 Å². The zero-order valence-corrected chi connectivity index (χ0v) is 12.8. The highest BCUT2D eigenvalue weighted by Gasteiger charge is 2.01. The van der Waals surface area contributed by atoms with E-state index in [0.29, 0.717) is 5.57 Å². The number of nitriles is 1. The zero-order chi connectivity index (χ0) is 14.7. The van der Waals surface area contributed by atoms with E-state index in [2.05, 4.69) is 36.8 Å². The first-order valence-corrected chi connectivity index (χ1v) is 7.06. The van der Waals surface area contributed by atoms with Gasteiger partial charge < -0.3 is 5.32 Å². The van der Waals surface area contributed by atoms with Gasteiger partial charge in [-0.05, 0) is 32.3 Å². The fraction of sp³-hybridized carbons (Fsp3) is 0.625. The lowest BCUT2D eigenvalue weighted by atomic mass is 10.0. The minimum Gasteiger partial charge on any atom is -0.347 e. The predicted octanol–water partition coefficient (Wildman–Crippen LogP) is 4.19. The van der Waals surface area contributed by atoms with E-state index in [4.69, 9.17) is 5.26 Å². The summed E-state index contributed by atoms with van der Waals surface area (Å²) >= 11 is 0. The lowest BCUT2D eigenvalue weighted by Crippen LogP contribution is -2.19. The summed E-state index contributed by atoms with van der Waals surface area (Å²) in [4.78, 5) is 4.49. The van der Waals surface area contributed by atoms with Crippen LogP contribution in [-0.4, -0.2) is 12.4 Å². The molecular weight excluding hydrogens is 234 g/mol. The second-order valence-electron chi connectivity index (χ2n) is 4.98. The van der Waals surface area contributed by atoms with Crippen molar-refractivity contribution in [3.63, 3.8) is 0 Å². The van der Waals surface area contributed by atoms with Crippen molar-refractivity contribution in [1.29, 1.82) is 5.26 Å². The van der Waals surface area contributed by atoms with E-state index in [9.17, 15) is 0 Å². The second kappa shape index (κ2) is 10.4. The minimum absolute atomic E-state index is 0.561. The van der Waals surface area contributed by atoms with Crippen LogP contribution in [-0.2, 0) is 0 Å². The molecule has 1 N–H and O–H groups in total. The average Bonchev–Trinajstić information content (AvgIpc) is 2.37. The molecule has 0 saturated carbocycles. The SMILES string of the molecule is C=C/C(C#N)=C(/C)NC(C)=NCCC(C)CCCC. The molecule has 0 bridgehead atoms. The number of hydrogen-bond acceptors (Lipinski definition) is 2. The van der Waals surface area contributed by atoms with Gasteiger partial charge in [0, 0.05) is 12.2 Å². The molecule has 0 aromatic carbocycles. The van der Waals surface area contributed by atoms with Gasteiger partial charge in [-0.15, -0.1) is 0 Å². The number of amidine groups is 1. The summed E-state index contributed by atoms with van der Waals surface area (Å²) in [6.45, 7) is 12.8. The Bertz CT molecular complexity index is 372. The molecule has 0 aliphatic carbocycles. The maximum Gasteiger partial charge on any atom is 0.101 e. The van der Waals surface area contributed by atoms with Crippen LogP contribution >= 0.6 is 0 Å². The smallest absolute Gasteiger partial charge is 0.101 e. The number of rotatable bonds is 8. The average molecular weight is 261 g/mol. The van der Waals surface area contributed by atoms with Gasteiger partial charge in [-0.25, -0.2) is 0 Å². The van der Waals surface area contributed by atoms with E-state index in [1.54, 1.807) is 6.08 Å². The van der Waals surface area contributed by atoms with Gasteiger partial charge in [0.15, 0.2) is 0 Å². The molecule has 3 heteroatoms. The normalized spacial score (nSPS) is 14.4. The lowest BCUT2D eigenvalue weighted by molar-refractivity contribution is 0.478. The highest BCUT2D eigenvalue weighted by atomic mass is 15.0. The predicted molar refractivity (Wildman–Crippen MR) is 82.9 cm³/mol. The molecule has 106 valence electrons. The highest BCUT2D eigenvalue weighted by molar-refractivity contribution is 5.81. The first-order valence-electron chi connectivity index (χ1n) is 7.06. The summed E-state index contributed by atoms with van der Waals surface area (Å²) in [6, 6.07) is 2.10. The Hall–Kier alpha value is -1.56. The minimum atomic E-state index is 0.561. The maximum atomic E-state index is 8.88. The molecule has 0 heterocycles. The van der Waals surface area contributed by atoms with Crippen LogP contribution in [0.1, 0.15) is 53.4 Å². The molecule has 3 nitrogen and oxygen atoms in total. The number of hydrogen-bond donors (Lipinski definition) is 1. The van der Waals surface area contributed by atoms with E-state index in [1.807, 2.05) is 13.8 Å². The molecule has 0 aliphatic rings. The molecule has 0 spiro atoms. The number of nitrogens with one attached hydrogen (secondary N) is 1. The van der Waals surface area contributed by atoms with E-state index < -0.39 is 0 Å². The number of nitrogens with zero attached hydrogens (tertiary/aromatic N) is 2. The van der Waals surface area contributed by atoms with E-state index >= 15 is 0 Å². The van der Waals surface area contributed by atoms with Crippen LogP contribution in [0, 0.1) is 17.2 Å². The Labute approximate surface area is 118 Å². The second-order valence-corrected chi connectivity index (χ2v) is 4.98. The summed E-state index contributed by atoms with van der Waals surface area (Å²) in [7, 11) is 0. The Morgan fingerprint density at radius 3 is 2.63 bits per heavy atom. The quantitative estimate of drug-likeness (QED) is 0.308. The molecule has 0 radical (unpaired) electrons. The number of aliphatic imine (C=N–C) groups is 1. The molecular formula is C16H27N3. The molecule has 1 atom stereocenters. The van der Waals surface area contributed by atoms with Crippen molar-refractivity contribution in [3.8, 4) is 6.07 Å². The van der Waals surface area contributed by atoms with E-state index in [1.165, 1.54) is 19.3 Å². The van der Waals surface area contributed by atoms with Crippen LogP contribution in [0.15, 0.2) is 28.9 Å². The lowest BCUT2D eigenvalue weighted by Gasteiger charge is -2.10. The molecule has 0 saturated heterocycles. The van der Waals surface area contributed by atoms with Crippen molar-refractivity contribution in [2.24, 2.45) is 10.9 Å². The summed E-state index contributed by atoms with van der Waals surface area (Å²) in [6.07, 6.45) is 6.52. The third-order valence-electron chi connectivity index (χ3n) is 3.12. The maximum absolute atomic E-state index is 8.88. The van der Waals surface area contributed by atoms with Gasteiger partial charge in [-0.2, -0.15) is 5.26 Å². The van der Waals surface area contributed by atoms with Gasteiger partial charge in [0.1, 0.15) is 6.07 Å². The Morgan fingerprint density at radius 1 is 1.42 bits per heavy atom. The first kappa shape index (κ1) is 17.4. The van der Waals surface area contributed by atoms with Crippen molar-refractivity contribution >= 4 is 5.84 Å². The fourth-order valence-corrected chi connectivity index (χ4v) is 1.81. The van der Waals surface area contributed by atoms with Crippen LogP contribution in [0.4, 0.5) is 0 Å². The molecule has 0 amide bonds. The van der Waals surface area contributed by atoms with Gasteiger partial charge in [-0.3, -0.25) is 4.99 Å². The zero-order valence-electron chi connectivity index (χ0n) is 12.8. The first-order chi connectivity index (χ1) is 9.04. The largest absolute Gasteiger partial charge is 0.347 e. The van der Waals surface area contributed by atoms with Gasteiger partial charge in [0.05, 0.1) is 11.4 Å². The third-order valence-corrected chi connectivity index (χ3v) is 3.12. The van der Waals surface area contributed by atoms with E-state index in [-0.39, 0.29) is 0 Å². The molecule has 0 aliphatic heterocycles. The summed E-state index contributed by atoms with van der Waals surface area (Å²) in [5, 5.41) is 12.0. The van der Waals surface area contributed by atoms with Crippen LogP contribution in [0.5, 0.6) is 0 Å². The van der Waals surface area contributed by atoms with Crippen molar-refractivity contribution in [2.75, 3.05) is 6.54 Å². The van der Waals surface area contributed by atoms with Crippen molar-refractivity contribution in [3.05, 3.63) is 23.9 Å². The van der Waals surface area contributed by atoms with Crippen molar-refractivity contribution < 1.29 is 0 Å². The van der Waals surface area contributed by atoms with Crippen LogP contribution in [0.2, 0.25) is 0 Å². The van der Waals surface area contributed by atoms with Crippen LogP contribution in [0.25, 0.3) is 0 Å². The molecule has 0 aromatic rings. The molecule has 19 heavy (non-hydrogen) atoms. The molecule has 0 rings (SSSR count). The van der Waals surface area contributed by atoms with Gasteiger partial charge in [-0.1, -0.05) is 39.7 Å². The Balaban J connectivity index is 4.19. The summed E-state index contributed by atoms with van der Waals surface area (Å²) in [5.74, 6) is 1.59. The summed E-state index contributed by atoms with van der Waals surface area (Å²) in [5.41, 5.74) is 1.36. The molecule has 0 aromatic heterocycles. The topological polar surface area (TPSA) is 48.2 Å². The molecule has 1 unspecified atom stereocenters.